The molecule has 0 spiro atoms. The van der Waals surface area contributed by atoms with Gasteiger partial charge in [-0.25, -0.2) is 0 Å². The van der Waals surface area contributed by atoms with Gasteiger partial charge >= 0.3 is 0 Å². The highest BCUT2D eigenvalue weighted by Gasteiger charge is 2.70. The van der Waals surface area contributed by atoms with E-state index in [4.69, 9.17) is 0 Å². The fourth-order valence-electron chi connectivity index (χ4n) is 14.7. The smallest absolute Gasteiger partial charge is 0.252 e. The van der Waals surface area contributed by atoms with E-state index in [1.807, 2.05) is 0 Å². The van der Waals surface area contributed by atoms with Gasteiger partial charge in [-0.2, -0.15) is 0 Å². The predicted octanol–water partition coefficient (Wildman–Crippen LogP) is 17.0. The molecule has 5 aliphatic rings. The molecule has 0 bridgehead atoms. The molecule has 2 atom stereocenters. The number of hydrogen-bond donors (Lipinski definition) is 0. The lowest BCUT2D eigenvalue weighted by Crippen LogP contribution is -2.69. The van der Waals surface area contributed by atoms with Crippen molar-refractivity contribution in [3.8, 4) is 0 Å². The number of nitrogens with zero attached hydrogens (tertiary/aromatic N) is 3. The molecule has 1 fully saturated rings. The summed E-state index contributed by atoms with van der Waals surface area (Å²) in [6.07, 6.45) is 4.67. The lowest BCUT2D eigenvalue weighted by molar-refractivity contribution is -0.0415. The molecule has 0 saturated heterocycles. The third kappa shape index (κ3) is 6.74. The molecular weight excluding hydrogens is 870 g/mol. The molecular formula is C68H84BN3. The molecule has 11 rings (SSSR count). The number of benzene rings is 6. The first-order chi connectivity index (χ1) is 33.3. The van der Waals surface area contributed by atoms with E-state index in [1.165, 1.54) is 115 Å². The second-order valence-electron chi connectivity index (χ2n) is 29.2. The topological polar surface area (TPSA) is 9.72 Å². The summed E-state index contributed by atoms with van der Waals surface area (Å²) in [6.45, 7) is 46.8. The SMILES string of the molecule is CC(C)(C)c1ccc(N2c3ccc(C(C)(C)C)cc3B3c4cc5c(cc4N(c4ccccc4)c4cc(N6c7ccc(C(C)(C)C)cc7C7(C)C(C)(C)CCC(C)(C)C67C)cc2c43)C(C)(C)CCC5(C)C)cc1. The molecule has 3 nitrogen and oxygen atoms in total. The van der Waals surface area contributed by atoms with E-state index in [1.54, 1.807) is 0 Å². The van der Waals surface area contributed by atoms with Crippen molar-refractivity contribution in [2.45, 2.75) is 195 Å². The van der Waals surface area contributed by atoms with Crippen LogP contribution < -0.4 is 31.1 Å². The van der Waals surface area contributed by atoms with Crippen LogP contribution in [0, 0.1) is 10.8 Å². The van der Waals surface area contributed by atoms with Crippen LogP contribution in [0.15, 0.2) is 115 Å². The van der Waals surface area contributed by atoms with Gasteiger partial charge in [-0.15, -0.1) is 0 Å². The van der Waals surface area contributed by atoms with E-state index in [-0.39, 0.29) is 55.6 Å². The zero-order valence-electron chi connectivity index (χ0n) is 47.7. The third-order valence-electron chi connectivity index (χ3n) is 20.3. The summed E-state index contributed by atoms with van der Waals surface area (Å²) in [5, 5.41) is 0. The van der Waals surface area contributed by atoms with Gasteiger partial charge in [0.25, 0.3) is 6.71 Å². The molecule has 4 heteroatoms. The Bertz CT molecular complexity index is 3180. The van der Waals surface area contributed by atoms with Gasteiger partial charge in [-0.05, 0) is 175 Å². The Hall–Kier alpha value is -5.22. The maximum absolute atomic E-state index is 2.87. The van der Waals surface area contributed by atoms with Crippen LogP contribution in [0.25, 0.3) is 0 Å². The zero-order valence-corrected chi connectivity index (χ0v) is 47.7. The maximum atomic E-state index is 2.87. The van der Waals surface area contributed by atoms with Crippen LogP contribution in [-0.4, -0.2) is 12.3 Å². The van der Waals surface area contributed by atoms with E-state index < -0.39 is 0 Å². The summed E-state index contributed by atoms with van der Waals surface area (Å²) in [5.74, 6) is 0. The highest BCUT2D eigenvalue weighted by atomic mass is 15.3. The van der Waals surface area contributed by atoms with Crippen molar-refractivity contribution >= 4 is 68.6 Å². The number of para-hydroxylation sites is 1. The van der Waals surface area contributed by atoms with E-state index in [0.29, 0.717) is 0 Å². The summed E-state index contributed by atoms with van der Waals surface area (Å²) < 4.78 is 0. The maximum Gasteiger partial charge on any atom is 0.252 e. The van der Waals surface area contributed by atoms with Crippen LogP contribution >= 0.6 is 0 Å². The number of hydrogen-bond acceptors (Lipinski definition) is 3. The molecule has 2 aliphatic carbocycles. The van der Waals surface area contributed by atoms with Gasteiger partial charge in [0.15, 0.2) is 0 Å². The Morgan fingerprint density at radius 2 is 0.861 bits per heavy atom. The van der Waals surface area contributed by atoms with Crippen molar-refractivity contribution in [2.24, 2.45) is 10.8 Å². The summed E-state index contributed by atoms with van der Waals surface area (Å²) in [6, 6.07) is 46.6. The van der Waals surface area contributed by atoms with Gasteiger partial charge < -0.3 is 14.7 Å². The van der Waals surface area contributed by atoms with Gasteiger partial charge in [0.2, 0.25) is 0 Å². The lowest BCUT2D eigenvalue weighted by atomic mass is 9.33. The van der Waals surface area contributed by atoms with Crippen molar-refractivity contribution in [3.05, 3.63) is 149 Å². The predicted molar refractivity (Wildman–Crippen MR) is 313 cm³/mol. The standard InChI is InChI=1S/C68H84BN3/c1-60(2,3)43-25-29-47(30-26-43)70-55-32-28-45(62(7,8)9)38-52(55)69-53-41-49-50(64(12,13)34-33-63(49,10)11)42-56(53)71(46-23-21-20-22-24-46)58-40-48(39-57(70)59(58)69)72-54-31-27-44(61(4,5)6)37-51(54)67(18)65(14,15)35-36-66(16,17)68(67,72)19/h20-32,37-42H,33-36H2,1-19H3. The van der Waals surface area contributed by atoms with Crippen molar-refractivity contribution in [3.63, 3.8) is 0 Å². The minimum atomic E-state index is -0.285. The monoisotopic (exact) mass is 954 g/mol. The molecule has 6 aromatic carbocycles. The molecule has 0 aromatic heterocycles. The molecule has 0 amide bonds. The fourth-order valence-corrected chi connectivity index (χ4v) is 14.7. The Kier molecular flexibility index (Phi) is 10.3. The summed E-state index contributed by atoms with van der Waals surface area (Å²) in [5.41, 5.74) is 22.6. The highest BCUT2D eigenvalue weighted by molar-refractivity contribution is 7.00. The van der Waals surface area contributed by atoms with Gasteiger partial charge in [0.1, 0.15) is 0 Å². The average Bonchev–Trinajstić information content (AvgIpc) is 3.53. The van der Waals surface area contributed by atoms with Gasteiger partial charge in [0, 0.05) is 50.9 Å². The number of fused-ring (bicyclic) bond motifs is 8. The van der Waals surface area contributed by atoms with Crippen molar-refractivity contribution in [1.29, 1.82) is 0 Å². The molecule has 0 N–H and O–H groups in total. The Balaban J connectivity index is 1.31. The molecule has 374 valence electrons. The van der Waals surface area contributed by atoms with Crippen LogP contribution in [0.5, 0.6) is 0 Å². The second kappa shape index (κ2) is 15.2. The van der Waals surface area contributed by atoms with Crippen molar-refractivity contribution < 1.29 is 0 Å². The van der Waals surface area contributed by atoms with Crippen LogP contribution in [0.4, 0.5) is 45.5 Å². The molecule has 3 heterocycles. The van der Waals surface area contributed by atoms with Crippen molar-refractivity contribution in [1.82, 2.24) is 0 Å². The fraction of sp³-hybridized carbons (Fsp3) is 0.471. The lowest BCUT2D eigenvalue weighted by Gasteiger charge is -2.65. The minimum absolute atomic E-state index is 0.0127. The Morgan fingerprint density at radius 1 is 0.389 bits per heavy atom. The zero-order chi connectivity index (χ0) is 51.9. The quantitative estimate of drug-likeness (QED) is 0.163. The summed E-state index contributed by atoms with van der Waals surface area (Å²) >= 11 is 0. The summed E-state index contributed by atoms with van der Waals surface area (Å²) in [4.78, 5) is 8.21. The molecule has 0 radical (unpaired) electrons. The van der Waals surface area contributed by atoms with E-state index in [2.05, 4.69) is 262 Å². The van der Waals surface area contributed by atoms with Gasteiger partial charge in [-0.3, -0.25) is 0 Å². The summed E-state index contributed by atoms with van der Waals surface area (Å²) in [7, 11) is 0. The number of anilines is 8. The van der Waals surface area contributed by atoms with Crippen LogP contribution in [0.1, 0.15) is 191 Å². The van der Waals surface area contributed by atoms with Crippen LogP contribution in [0.3, 0.4) is 0 Å². The van der Waals surface area contributed by atoms with Gasteiger partial charge in [-0.1, -0.05) is 185 Å². The molecule has 6 aromatic rings. The van der Waals surface area contributed by atoms with Crippen LogP contribution in [-0.2, 0) is 32.5 Å². The Labute approximate surface area is 435 Å². The van der Waals surface area contributed by atoms with Crippen molar-refractivity contribution in [2.75, 3.05) is 14.7 Å². The van der Waals surface area contributed by atoms with E-state index in [9.17, 15) is 0 Å². The Morgan fingerprint density at radius 3 is 1.43 bits per heavy atom. The third-order valence-corrected chi connectivity index (χ3v) is 20.3. The normalized spacial score (nSPS) is 23.2. The van der Waals surface area contributed by atoms with Crippen LogP contribution in [0.2, 0.25) is 0 Å². The molecule has 1 saturated carbocycles. The molecule has 72 heavy (non-hydrogen) atoms. The van der Waals surface area contributed by atoms with E-state index in [0.717, 1.165) is 6.42 Å². The van der Waals surface area contributed by atoms with E-state index >= 15 is 0 Å². The minimum Gasteiger partial charge on any atom is -0.334 e. The largest absolute Gasteiger partial charge is 0.334 e. The first-order valence-corrected chi connectivity index (χ1v) is 27.6. The first-order valence-electron chi connectivity index (χ1n) is 27.6. The first kappa shape index (κ1) is 49.0. The molecule has 3 aliphatic heterocycles. The van der Waals surface area contributed by atoms with Gasteiger partial charge in [0.05, 0.1) is 5.54 Å². The molecule has 2 unspecified atom stereocenters. The highest BCUT2D eigenvalue weighted by Crippen LogP contribution is 2.72. The number of rotatable bonds is 3. The second-order valence-corrected chi connectivity index (χ2v) is 29.2. The average molecular weight is 954 g/mol.